The number of benzene rings is 2. The average molecular weight is 413 g/mol. The Hall–Kier alpha value is -2.93. The number of hydrogen-bond donors (Lipinski definition) is 2. The molecular weight excluding hydrogens is 383 g/mol. The van der Waals surface area contributed by atoms with Gasteiger partial charge in [-0.15, -0.1) is 0 Å². The lowest BCUT2D eigenvalue weighted by molar-refractivity contribution is -0.136. The van der Waals surface area contributed by atoms with Crippen LogP contribution < -0.4 is 10.6 Å². The average Bonchev–Trinajstić information content (AvgIpc) is 2.79. The number of aliphatic imine (C=N–C) groups is 1. The highest BCUT2D eigenvalue weighted by atomic mass is 19.1. The second kappa shape index (κ2) is 11.3. The van der Waals surface area contributed by atoms with Gasteiger partial charge in [-0.1, -0.05) is 42.5 Å². The molecule has 1 aliphatic rings. The predicted molar refractivity (Wildman–Crippen MR) is 116 cm³/mol. The summed E-state index contributed by atoms with van der Waals surface area (Å²) in [7, 11) is 0. The van der Waals surface area contributed by atoms with Crippen molar-refractivity contribution >= 4 is 11.9 Å². The zero-order chi connectivity index (χ0) is 21.2. The van der Waals surface area contributed by atoms with Crippen LogP contribution in [0.3, 0.4) is 0 Å². The van der Waals surface area contributed by atoms with E-state index in [0.717, 1.165) is 11.1 Å². The van der Waals surface area contributed by atoms with Gasteiger partial charge in [0.15, 0.2) is 5.96 Å². The van der Waals surface area contributed by atoms with Crippen LogP contribution in [0.2, 0.25) is 0 Å². The molecule has 0 aliphatic carbocycles. The Morgan fingerprint density at radius 3 is 2.47 bits per heavy atom. The lowest BCUT2D eigenvalue weighted by atomic mass is 9.97. The number of guanidine groups is 1. The molecule has 0 saturated carbocycles. The molecule has 0 radical (unpaired) electrons. The van der Waals surface area contributed by atoms with Crippen LogP contribution >= 0.6 is 0 Å². The molecular formula is C23H29FN4O2. The van der Waals surface area contributed by atoms with Crippen molar-refractivity contribution in [1.82, 2.24) is 15.5 Å². The SMILES string of the molecule is CCNC(=NCc1ccc(F)cc1)NCC(C(=O)N1CCOCC1)c1ccccc1. The van der Waals surface area contributed by atoms with Crippen LogP contribution in [0, 0.1) is 5.82 Å². The summed E-state index contributed by atoms with van der Waals surface area (Å²) in [5, 5.41) is 6.52. The molecule has 0 spiro atoms. The topological polar surface area (TPSA) is 66.0 Å². The Bertz CT molecular complexity index is 821. The van der Waals surface area contributed by atoms with Gasteiger partial charge in [0.2, 0.25) is 5.91 Å². The van der Waals surface area contributed by atoms with E-state index in [2.05, 4.69) is 15.6 Å². The van der Waals surface area contributed by atoms with E-state index in [0.29, 0.717) is 51.9 Å². The molecule has 0 aromatic heterocycles. The smallest absolute Gasteiger partial charge is 0.232 e. The molecule has 2 aromatic rings. The van der Waals surface area contributed by atoms with Crippen molar-refractivity contribution in [3.63, 3.8) is 0 Å². The first-order valence-electron chi connectivity index (χ1n) is 10.4. The molecule has 1 aliphatic heterocycles. The maximum absolute atomic E-state index is 13.2. The van der Waals surface area contributed by atoms with Gasteiger partial charge in [0.1, 0.15) is 5.82 Å². The second-order valence-corrected chi connectivity index (χ2v) is 7.10. The first-order valence-corrected chi connectivity index (χ1v) is 10.4. The third-order valence-electron chi connectivity index (χ3n) is 4.97. The molecule has 1 unspecified atom stereocenters. The summed E-state index contributed by atoms with van der Waals surface area (Å²) in [6.45, 7) is 5.90. The number of carbonyl (C=O) groups is 1. The number of nitrogens with zero attached hydrogens (tertiary/aromatic N) is 2. The van der Waals surface area contributed by atoms with Crippen LogP contribution in [0.5, 0.6) is 0 Å². The zero-order valence-corrected chi connectivity index (χ0v) is 17.3. The zero-order valence-electron chi connectivity index (χ0n) is 17.3. The predicted octanol–water partition coefficient (Wildman–Crippen LogP) is 2.52. The molecule has 3 rings (SSSR count). The molecule has 0 bridgehead atoms. The summed E-state index contributed by atoms with van der Waals surface area (Å²) in [5.74, 6) is 0.128. The standard InChI is InChI=1S/C23H29FN4O2/c1-2-25-23(26-16-18-8-10-20(24)11-9-18)27-17-21(19-6-4-3-5-7-19)22(29)28-12-14-30-15-13-28/h3-11,21H,2,12-17H2,1H3,(H2,25,26,27). The summed E-state index contributed by atoms with van der Waals surface area (Å²) in [5.41, 5.74) is 1.88. The Kier molecular flexibility index (Phi) is 8.20. The van der Waals surface area contributed by atoms with Crippen molar-refractivity contribution in [2.45, 2.75) is 19.4 Å². The van der Waals surface area contributed by atoms with Crippen molar-refractivity contribution in [3.05, 3.63) is 71.5 Å². The number of halogens is 1. The first-order chi connectivity index (χ1) is 14.7. The van der Waals surface area contributed by atoms with E-state index in [4.69, 9.17) is 4.74 Å². The molecule has 1 heterocycles. The molecule has 6 nitrogen and oxygen atoms in total. The van der Waals surface area contributed by atoms with E-state index in [1.54, 1.807) is 12.1 Å². The summed E-state index contributed by atoms with van der Waals surface area (Å²) in [4.78, 5) is 19.7. The van der Waals surface area contributed by atoms with Gasteiger partial charge in [-0.3, -0.25) is 4.79 Å². The van der Waals surface area contributed by atoms with Gasteiger partial charge >= 0.3 is 0 Å². The molecule has 1 amide bonds. The highest BCUT2D eigenvalue weighted by Crippen LogP contribution is 2.19. The van der Waals surface area contributed by atoms with Gasteiger partial charge in [-0.2, -0.15) is 0 Å². The Morgan fingerprint density at radius 2 is 1.80 bits per heavy atom. The number of hydrogen-bond acceptors (Lipinski definition) is 3. The summed E-state index contributed by atoms with van der Waals surface area (Å²) in [6, 6.07) is 16.1. The van der Waals surface area contributed by atoms with E-state index < -0.39 is 0 Å². The van der Waals surface area contributed by atoms with E-state index in [1.807, 2.05) is 42.2 Å². The highest BCUT2D eigenvalue weighted by molar-refractivity contribution is 5.86. The van der Waals surface area contributed by atoms with E-state index in [9.17, 15) is 9.18 Å². The molecule has 30 heavy (non-hydrogen) atoms. The minimum absolute atomic E-state index is 0.0892. The number of carbonyl (C=O) groups excluding carboxylic acids is 1. The maximum atomic E-state index is 13.2. The molecule has 1 atom stereocenters. The van der Waals surface area contributed by atoms with Crippen molar-refractivity contribution in [1.29, 1.82) is 0 Å². The van der Waals surface area contributed by atoms with Gasteiger partial charge < -0.3 is 20.3 Å². The number of ether oxygens (including phenoxy) is 1. The summed E-state index contributed by atoms with van der Waals surface area (Å²) < 4.78 is 18.5. The molecule has 160 valence electrons. The molecule has 1 saturated heterocycles. The van der Waals surface area contributed by atoms with Crippen LogP contribution in [0.25, 0.3) is 0 Å². The maximum Gasteiger partial charge on any atom is 0.232 e. The molecule has 7 heteroatoms. The second-order valence-electron chi connectivity index (χ2n) is 7.10. The number of rotatable bonds is 7. The Balaban J connectivity index is 1.70. The van der Waals surface area contributed by atoms with Crippen LogP contribution in [0.15, 0.2) is 59.6 Å². The fourth-order valence-corrected chi connectivity index (χ4v) is 3.34. The largest absolute Gasteiger partial charge is 0.378 e. The summed E-state index contributed by atoms with van der Waals surface area (Å²) in [6.07, 6.45) is 0. The van der Waals surface area contributed by atoms with E-state index in [-0.39, 0.29) is 17.6 Å². The minimum atomic E-state index is -0.320. The van der Waals surface area contributed by atoms with Gasteiger partial charge in [-0.25, -0.2) is 9.38 Å². The first kappa shape index (κ1) is 21.8. The Labute approximate surface area is 177 Å². The lowest BCUT2D eigenvalue weighted by Crippen LogP contribution is -2.47. The third kappa shape index (κ3) is 6.29. The van der Waals surface area contributed by atoms with Crippen LogP contribution in [-0.2, 0) is 16.1 Å². The molecule has 1 fully saturated rings. The van der Waals surface area contributed by atoms with Gasteiger partial charge in [0.05, 0.1) is 25.7 Å². The van der Waals surface area contributed by atoms with Crippen LogP contribution in [0.4, 0.5) is 4.39 Å². The number of nitrogens with one attached hydrogen (secondary N) is 2. The van der Waals surface area contributed by atoms with Crippen molar-refractivity contribution in [3.8, 4) is 0 Å². The Morgan fingerprint density at radius 1 is 1.10 bits per heavy atom. The van der Waals surface area contributed by atoms with Gasteiger partial charge in [0.25, 0.3) is 0 Å². The van der Waals surface area contributed by atoms with E-state index in [1.165, 1.54) is 12.1 Å². The van der Waals surface area contributed by atoms with Crippen molar-refractivity contribution < 1.29 is 13.9 Å². The monoisotopic (exact) mass is 412 g/mol. The number of morpholine rings is 1. The van der Waals surface area contributed by atoms with Crippen molar-refractivity contribution in [2.75, 3.05) is 39.4 Å². The highest BCUT2D eigenvalue weighted by Gasteiger charge is 2.27. The van der Waals surface area contributed by atoms with Crippen LogP contribution in [0.1, 0.15) is 24.0 Å². The van der Waals surface area contributed by atoms with Crippen molar-refractivity contribution in [2.24, 2.45) is 4.99 Å². The lowest BCUT2D eigenvalue weighted by Gasteiger charge is -2.31. The van der Waals surface area contributed by atoms with Gasteiger partial charge in [-0.05, 0) is 30.2 Å². The molecule has 2 aromatic carbocycles. The summed E-state index contributed by atoms with van der Waals surface area (Å²) >= 11 is 0. The normalized spacial score (nSPS) is 15.5. The quantitative estimate of drug-likeness (QED) is 0.542. The molecule has 2 N–H and O–H groups in total. The van der Waals surface area contributed by atoms with Crippen LogP contribution in [-0.4, -0.2) is 56.2 Å². The third-order valence-corrected chi connectivity index (χ3v) is 4.97. The van der Waals surface area contributed by atoms with E-state index >= 15 is 0 Å². The van der Waals surface area contributed by atoms with Gasteiger partial charge in [0, 0.05) is 26.2 Å². The number of amides is 1. The fourth-order valence-electron chi connectivity index (χ4n) is 3.34. The minimum Gasteiger partial charge on any atom is -0.378 e. The fraction of sp³-hybridized carbons (Fsp3) is 0.391.